The molecule has 1 fully saturated rings. The number of hydrogen-bond acceptors (Lipinski definition) is 3. The van der Waals surface area contributed by atoms with E-state index in [0.29, 0.717) is 25.8 Å². The van der Waals surface area contributed by atoms with Crippen LogP contribution in [0.2, 0.25) is 0 Å². The summed E-state index contributed by atoms with van der Waals surface area (Å²) in [5.41, 5.74) is 1.13. The Morgan fingerprint density at radius 3 is 2.48 bits per heavy atom. The van der Waals surface area contributed by atoms with E-state index >= 15 is 0 Å². The third-order valence-electron chi connectivity index (χ3n) is 4.02. The van der Waals surface area contributed by atoms with Gasteiger partial charge < -0.3 is 15.2 Å². The molecule has 2 rings (SSSR count). The van der Waals surface area contributed by atoms with E-state index in [9.17, 15) is 9.59 Å². The number of nitrogens with one attached hydrogen (secondary N) is 1. The van der Waals surface area contributed by atoms with Gasteiger partial charge in [0.1, 0.15) is 5.75 Å². The highest BCUT2D eigenvalue weighted by atomic mass is 16.5. The van der Waals surface area contributed by atoms with Crippen molar-refractivity contribution in [3.8, 4) is 5.75 Å². The average molecular weight is 291 g/mol. The van der Waals surface area contributed by atoms with Crippen LogP contribution in [0.1, 0.15) is 24.8 Å². The van der Waals surface area contributed by atoms with Crippen molar-refractivity contribution in [2.75, 3.05) is 13.7 Å². The number of aliphatic carboxylic acids is 1. The van der Waals surface area contributed by atoms with Gasteiger partial charge in [-0.05, 0) is 43.4 Å². The maximum atomic E-state index is 12.0. The molecular weight excluding hydrogens is 270 g/mol. The first-order valence-corrected chi connectivity index (χ1v) is 7.23. The van der Waals surface area contributed by atoms with Crippen LogP contribution in [0.3, 0.4) is 0 Å². The van der Waals surface area contributed by atoms with E-state index in [1.165, 1.54) is 0 Å². The van der Waals surface area contributed by atoms with Gasteiger partial charge in [0, 0.05) is 12.5 Å². The Hall–Kier alpha value is -2.04. The molecule has 2 unspecified atom stereocenters. The Morgan fingerprint density at radius 2 is 1.90 bits per heavy atom. The van der Waals surface area contributed by atoms with Gasteiger partial charge >= 0.3 is 5.97 Å². The minimum absolute atomic E-state index is 0.0211. The molecule has 2 atom stereocenters. The number of carboxylic acid groups (broad SMARTS) is 1. The Balaban J connectivity index is 1.73. The highest BCUT2D eigenvalue weighted by Crippen LogP contribution is 2.31. The predicted octanol–water partition coefficient (Wildman–Crippen LogP) is 1.85. The molecule has 0 bridgehead atoms. The van der Waals surface area contributed by atoms with E-state index in [1.54, 1.807) is 7.11 Å². The number of benzene rings is 1. The minimum Gasteiger partial charge on any atom is -0.497 e. The van der Waals surface area contributed by atoms with E-state index < -0.39 is 5.97 Å². The zero-order valence-electron chi connectivity index (χ0n) is 12.2. The van der Waals surface area contributed by atoms with Crippen molar-refractivity contribution in [2.24, 2.45) is 11.8 Å². The Bertz CT molecular complexity index is 498. The fourth-order valence-corrected chi connectivity index (χ4v) is 2.71. The maximum absolute atomic E-state index is 12.0. The van der Waals surface area contributed by atoms with Crippen molar-refractivity contribution in [3.63, 3.8) is 0 Å². The second-order valence-electron chi connectivity index (χ2n) is 5.43. The highest BCUT2D eigenvalue weighted by molar-refractivity contribution is 5.80. The number of rotatable bonds is 6. The molecule has 1 saturated carbocycles. The van der Waals surface area contributed by atoms with Crippen molar-refractivity contribution in [3.05, 3.63) is 29.8 Å². The molecule has 0 heterocycles. The summed E-state index contributed by atoms with van der Waals surface area (Å²) in [4.78, 5) is 22.9. The molecular formula is C16H21NO4. The molecule has 1 amide bonds. The molecule has 5 heteroatoms. The standard InChI is InChI=1S/C16H21NO4/c1-21-14-6-2-11(3-7-14)8-9-17-15(18)12-4-5-13(10-12)16(19)20/h2-3,6-7,12-13H,4-5,8-10H2,1H3,(H,17,18)(H,19,20). The van der Waals surface area contributed by atoms with E-state index in [4.69, 9.17) is 9.84 Å². The van der Waals surface area contributed by atoms with Crippen LogP contribution in [-0.4, -0.2) is 30.6 Å². The molecule has 1 aromatic rings. The lowest BCUT2D eigenvalue weighted by molar-refractivity contribution is -0.141. The summed E-state index contributed by atoms with van der Waals surface area (Å²) in [6, 6.07) is 7.74. The number of hydrogen-bond donors (Lipinski definition) is 2. The monoisotopic (exact) mass is 291 g/mol. The second-order valence-corrected chi connectivity index (χ2v) is 5.43. The van der Waals surface area contributed by atoms with Crippen LogP contribution in [-0.2, 0) is 16.0 Å². The highest BCUT2D eigenvalue weighted by Gasteiger charge is 2.33. The van der Waals surface area contributed by atoms with Crippen LogP contribution in [0.5, 0.6) is 5.75 Å². The molecule has 21 heavy (non-hydrogen) atoms. The van der Waals surface area contributed by atoms with Crippen LogP contribution in [0.4, 0.5) is 0 Å². The van der Waals surface area contributed by atoms with Gasteiger partial charge in [-0.15, -0.1) is 0 Å². The fraction of sp³-hybridized carbons (Fsp3) is 0.500. The molecule has 1 aromatic carbocycles. The van der Waals surface area contributed by atoms with Gasteiger partial charge in [0.15, 0.2) is 0 Å². The minimum atomic E-state index is -0.788. The first-order valence-electron chi connectivity index (χ1n) is 7.23. The Labute approximate surface area is 124 Å². The smallest absolute Gasteiger partial charge is 0.306 e. The molecule has 0 radical (unpaired) electrons. The molecule has 0 saturated heterocycles. The Kier molecular flexibility index (Phi) is 5.20. The number of carbonyl (C=O) groups excluding carboxylic acids is 1. The van der Waals surface area contributed by atoms with Gasteiger partial charge in [-0.1, -0.05) is 12.1 Å². The van der Waals surface area contributed by atoms with E-state index in [-0.39, 0.29) is 17.7 Å². The topological polar surface area (TPSA) is 75.6 Å². The molecule has 1 aliphatic rings. The zero-order chi connectivity index (χ0) is 15.2. The van der Waals surface area contributed by atoms with Gasteiger partial charge in [0.2, 0.25) is 5.91 Å². The molecule has 114 valence electrons. The summed E-state index contributed by atoms with van der Waals surface area (Å²) < 4.78 is 5.09. The van der Waals surface area contributed by atoms with Crippen LogP contribution in [0, 0.1) is 11.8 Å². The summed E-state index contributed by atoms with van der Waals surface area (Å²) in [5.74, 6) is -0.506. The van der Waals surface area contributed by atoms with Crippen LogP contribution >= 0.6 is 0 Å². The molecule has 2 N–H and O–H groups in total. The Morgan fingerprint density at radius 1 is 1.24 bits per heavy atom. The number of carboxylic acids is 1. The summed E-state index contributed by atoms with van der Waals surface area (Å²) in [5, 5.41) is 11.8. The third-order valence-corrected chi connectivity index (χ3v) is 4.02. The third kappa shape index (κ3) is 4.21. The summed E-state index contributed by atoms with van der Waals surface area (Å²) in [6.07, 6.45) is 2.49. The summed E-state index contributed by atoms with van der Waals surface area (Å²) in [6.45, 7) is 0.569. The van der Waals surface area contributed by atoms with E-state index in [2.05, 4.69) is 5.32 Å². The lowest BCUT2D eigenvalue weighted by atomic mass is 10.0. The van der Waals surface area contributed by atoms with Gasteiger partial charge in [0.05, 0.1) is 13.0 Å². The lowest BCUT2D eigenvalue weighted by Gasteiger charge is -2.11. The predicted molar refractivity (Wildman–Crippen MR) is 78.2 cm³/mol. The molecule has 5 nitrogen and oxygen atoms in total. The number of amides is 1. The molecule has 0 aromatic heterocycles. The molecule has 0 aliphatic heterocycles. The first-order chi connectivity index (χ1) is 10.1. The van der Waals surface area contributed by atoms with Crippen LogP contribution in [0.25, 0.3) is 0 Å². The van der Waals surface area contributed by atoms with Crippen molar-refractivity contribution < 1.29 is 19.4 Å². The zero-order valence-corrected chi connectivity index (χ0v) is 12.2. The van der Waals surface area contributed by atoms with Crippen LogP contribution in [0.15, 0.2) is 24.3 Å². The van der Waals surface area contributed by atoms with Gasteiger partial charge in [0.25, 0.3) is 0 Å². The average Bonchev–Trinajstić information content (AvgIpc) is 2.98. The SMILES string of the molecule is COc1ccc(CCNC(=O)C2CCC(C(=O)O)C2)cc1. The van der Waals surface area contributed by atoms with Crippen molar-refractivity contribution in [1.82, 2.24) is 5.32 Å². The molecule has 0 spiro atoms. The van der Waals surface area contributed by atoms with Crippen molar-refractivity contribution >= 4 is 11.9 Å². The number of methoxy groups -OCH3 is 1. The van der Waals surface area contributed by atoms with Gasteiger partial charge in [-0.25, -0.2) is 0 Å². The summed E-state index contributed by atoms with van der Waals surface area (Å²) >= 11 is 0. The first kappa shape index (κ1) is 15.4. The van der Waals surface area contributed by atoms with Crippen molar-refractivity contribution in [1.29, 1.82) is 0 Å². The lowest BCUT2D eigenvalue weighted by Crippen LogP contribution is -2.31. The number of carbonyl (C=O) groups is 2. The summed E-state index contributed by atoms with van der Waals surface area (Å²) in [7, 11) is 1.63. The van der Waals surface area contributed by atoms with Crippen molar-refractivity contribution in [2.45, 2.75) is 25.7 Å². The van der Waals surface area contributed by atoms with Crippen LogP contribution < -0.4 is 10.1 Å². The number of ether oxygens (including phenoxy) is 1. The maximum Gasteiger partial charge on any atom is 0.306 e. The second kappa shape index (κ2) is 7.11. The largest absolute Gasteiger partial charge is 0.497 e. The quantitative estimate of drug-likeness (QED) is 0.838. The van der Waals surface area contributed by atoms with E-state index in [1.807, 2.05) is 24.3 Å². The van der Waals surface area contributed by atoms with E-state index in [0.717, 1.165) is 17.7 Å². The normalized spacial score (nSPS) is 21.0. The van der Waals surface area contributed by atoms with Gasteiger partial charge in [-0.3, -0.25) is 9.59 Å². The fourth-order valence-electron chi connectivity index (χ4n) is 2.71. The van der Waals surface area contributed by atoms with Gasteiger partial charge in [-0.2, -0.15) is 0 Å². The molecule has 1 aliphatic carbocycles.